The van der Waals surface area contributed by atoms with Crippen molar-refractivity contribution in [1.82, 2.24) is 0 Å². The van der Waals surface area contributed by atoms with E-state index in [-0.39, 0.29) is 13.2 Å². The van der Waals surface area contributed by atoms with Crippen LogP contribution in [-0.2, 0) is 9.53 Å². The zero-order valence-electron chi connectivity index (χ0n) is 6.34. The number of esters is 1. The average molecular weight is 179 g/mol. The first-order valence-electron chi connectivity index (χ1n) is 3.27. The molecular weight excluding hydrogens is 168 g/mol. The van der Waals surface area contributed by atoms with E-state index < -0.39 is 5.97 Å². The second-order valence-electron chi connectivity index (χ2n) is 2.01. The van der Waals surface area contributed by atoms with E-state index in [0.717, 1.165) is 0 Å². The molecule has 0 bridgehead atoms. The minimum atomic E-state index is -0.437. The van der Waals surface area contributed by atoms with Crippen LogP contribution in [0.25, 0.3) is 0 Å². The second kappa shape index (κ2) is 6.19. The zero-order chi connectivity index (χ0) is 8.69. The van der Waals surface area contributed by atoms with E-state index in [9.17, 15) is 4.79 Å². The van der Waals surface area contributed by atoms with Crippen LogP contribution in [0.5, 0.6) is 0 Å². The van der Waals surface area contributed by atoms with Gasteiger partial charge in [0.05, 0.1) is 6.61 Å². The van der Waals surface area contributed by atoms with E-state index in [1.165, 1.54) is 5.54 Å². The number of hydrogen-bond donors (Lipinski definition) is 1. The molecule has 0 fully saturated rings. The quantitative estimate of drug-likeness (QED) is 0.398. The maximum Gasteiger partial charge on any atom is 0.334 e. The Morgan fingerprint density at radius 2 is 2.36 bits per heavy atom. The van der Waals surface area contributed by atoms with Gasteiger partial charge in [-0.3, -0.25) is 0 Å². The average Bonchev–Trinajstić information content (AvgIpc) is 2.03. The van der Waals surface area contributed by atoms with Crippen molar-refractivity contribution in [2.24, 2.45) is 0 Å². The predicted octanol–water partition coefficient (Wildman–Crippen LogP) is 1.05. The van der Waals surface area contributed by atoms with Crippen molar-refractivity contribution in [1.29, 1.82) is 0 Å². The van der Waals surface area contributed by atoms with Crippen molar-refractivity contribution in [2.45, 2.75) is 13.3 Å². The summed E-state index contributed by atoms with van der Waals surface area (Å²) in [4.78, 5) is 10.8. The number of aliphatic hydroxyl groups is 1. The molecule has 0 aliphatic carbocycles. The summed E-state index contributed by atoms with van der Waals surface area (Å²) in [5.41, 5.74) is 1.53. The molecule has 0 atom stereocenters. The Bertz CT molecular complexity index is 154. The molecule has 0 aliphatic rings. The van der Waals surface area contributed by atoms with E-state index in [1.807, 2.05) is 0 Å². The van der Waals surface area contributed by atoms with Gasteiger partial charge in [-0.1, -0.05) is 11.6 Å². The number of aliphatic hydroxyl groups excluding tert-OH is 1. The molecular formula is C7H11ClO3. The van der Waals surface area contributed by atoms with Crippen LogP contribution in [0.3, 0.4) is 0 Å². The van der Waals surface area contributed by atoms with Gasteiger partial charge in [0.25, 0.3) is 0 Å². The highest BCUT2D eigenvalue weighted by molar-refractivity contribution is 6.27. The highest BCUT2D eigenvalue weighted by Crippen LogP contribution is 1.98. The maximum absolute atomic E-state index is 10.8. The highest BCUT2D eigenvalue weighted by Gasteiger charge is 2.03. The molecule has 11 heavy (non-hydrogen) atoms. The third-order valence-electron chi connectivity index (χ3n) is 1.02. The molecule has 0 aromatic heterocycles. The molecule has 0 amide bonds. The molecule has 0 rings (SSSR count). The molecule has 0 aromatic rings. The lowest BCUT2D eigenvalue weighted by Gasteiger charge is -2.01. The summed E-state index contributed by atoms with van der Waals surface area (Å²) in [6.07, 6.45) is 0.460. The van der Waals surface area contributed by atoms with E-state index in [1.54, 1.807) is 6.92 Å². The Kier molecular flexibility index (Phi) is 5.88. The maximum atomic E-state index is 10.8. The SMILES string of the molecule is C/C(=C\Cl)C(=O)OCCCO. The summed E-state index contributed by atoms with van der Waals surface area (Å²) in [7, 11) is 0. The largest absolute Gasteiger partial charge is 0.462 e. The van der Waals surface area contributed by atoms with Gasteiger partial charge in [-0.25, -0.2) is 4.79 Å². The number of ether oxygens (including phenoxy) is 1. The van der Waals surface area contributed by atoms with Crippen LogP contribution in [0.15, 0.2) is 11.1 Å². The Hall–Kier alpha value is -0.540. The highest BCUT2D eigenvalue weighted by atomic mass is 35.5. The molecule has 3 nitrogen and oxygen atoms in total. The lowest BCUT2D eigenvalue weighted by atomic mass is 10.4. The van der Waals surface area contributed by atoms with Gasteiger partial charge in [0.15, 0.2) is 0 Å². The fraction of sp³-hybridized carbons (Fsp3) is 0.571. The minimum absolute atomic E-state index is 0.0247. The van der Waals surface area contributed by atoms with E-state index in [0.29, 0.717) is 12.0 Å². The van der Waals surface area contributed by atoms with Gasteiger partial charge in [0.1, 0.15) is 0 Å². The summed E-state index contributed by atoms with van der Waals surface area (Å²) in [6, 6.07) is 0. The number of carbonyl (C=O) groups is 1. The van der Waals surface area contributed by atoms with Crippen LogP contribution in [0, 0.1) is 0 Å². The molecule has 0 radical (unpaired) electrons. The van der Waals surface area contributed by atoms with Crippen molar-refractivity contribution in [3.8, 4) is 0 Å². The van der Waals surface area contributed by atoms with Crippen molar-refractivity contribution < 1.29 is 14.6 Å². The lowest BCUT2D eigenvalue weighted by Crippen LogP contribution is -2.07. The molecule has 4 heteroatoms. The Labute approximate surface area is 70.6 Å². The van der Waals surface area contributed by atoms with E-state index >= 15 is 0 Å². The fourth-order valence-electron chi connectivity index (χ4n) is 0.388. The predicted molar refractivity (Wildman–Crippen MR) is 42.3 cm³/mol. The van der Waals surface area contributed by atoms with Crippen LogP contribution in [-0.4, -0.2) is 24.3 Å². The Morgan fingerprint density at radius 1 is 1.73 bits per heavy atom. The molecule has 0 saturated heterocycles. The third kappa shape index (κ3) is 4.81. The van der Waals surface area contributed by atoms with Crippen LogP contribution in [0.1, 0.15) is 13.3 Å². The molecule has 0 aromatic carbocycles. The Morgan fingerprint density at radius 3 is 2.82 bits per heavy atom. The van der Waals surface area contributed by atoms with Gasteiger partial charge in [0, 0.05) is 24.1 Å². The second-order valence-corrected chi connectivity index (χ2v) is 2.22. The van der Waals surface area contributed by atoms with Gasteiger partial charge >= 0.3 is 5.97 Å². The number of rotatable bonds is 4. The van der Waals surface area contributed by atoms with Gasteiger partial charge < -0.3 is 9.84 Å². The van der Waals surface area contributed by atoms with Crippen molar-refractivity contribution >= 4 is 17.6 Å². The first-order valence-corrected chi connectivity index (χ1v) is 3.71. The summed E-state index contributed by atoms with van der Waals surface area (Å²) < 4.78 is 4.68. The van der Waals surface area contributed by atoms with Crippen molar-refractivity contribution in [2.75, 3.05) is 13.2 Å². The smallest absolute Gasteiger partial charge is 0.334 e. The monoisotopic (exact) mass is 178 g/mol. The zero-order valence-corrected chi connectivity index (χ0v) is 7.10. The summed E-state index contributed by atoms with van der Waals surface area (Å²) in [6.45, 7) is 1.82. The number of hydrogen-bond acceptors (Lipinski definition) is 3. The summed E-state index contributed by atoms with van der Waals surface area (Å²) in [5.74, 6) is -0.437. The number of carbonyl (C=O) groups excluding carboxylic acids is 1. The number of halogens is 1. The summed E-state index contributed by atoms with van der Waals surface area (Å²) in [5, 5.41) is 8.34. The van der Waals surface area contributed by atoms with Gasteiger partial charge in [-0.05, 0) is 6.92 Å². The molecule has 0 saturated carbocycles. The van der Waals surface area contributed by atoms with E-state index in [2.05, 4.69) is 4.74 Å². The molecule has 0 spiro atoms. The lowest BCUT2D eigenvalue weighted by molar-refractivity contribution is -0.139. The van der Waals surface area contributed by atoms with Gasteiger partial charge in [-0.2, -0.15) is 0 Å². The molecule has 0 heterocycles. The van der Waals surface area contributed by atoms with Crippen molar-refractivity contribution in [3.05, 3.63) is 11.1 Å². The topological polar surface area (TPSA) is 46.5 Å². The molecule has 64 valence electrons. The first-order chi connectivity index (χ1) is 5.22. The summed E-state index contributed by atoms with van der Waals surface area (Å²) >= 11 is 5.25. The van der Waals surface area contributed by atoms with Crippen LogP contribution >= 0.6 is 11.6 Å². The fourth-order valence-corrected chi connectivity index (χ4v) is 0.477. The Balaban J connectivity index is 3.53. The molecule has 0 aliphatic heterocycles. The minimum Gasteiger partial charge on any atom is -0.462 e. The first kappa shape index (κ1) is 10.5. The molecule has 1 N–H and O–H groups in total. The third-order valence-corrected chi connectivity index (χ3v) is 1.35. The standard InChI is InChI=1S/C7H11ClO3/c1-6(5-8)7(10)11-4-2-3-9/h5,9H,2-4H2,1H3/b6-5+. The normalized spacial score (nSPS) is 11.4. The van der Waals surface area contributed by atoms with Crippen LogP contribution in [0.2, 0.25) is 0 Å². The van der Waals surface area contributed by atoms with Crippen LogP contribution in [0.4, 0.5) is 0 Å². The van der Waals surface area contributed by atoms with Crippen LogP contribution < -0.4 is 0 Å². The van der Waals surface area contributed by atoms with Gasteiger partial charge in [0.2, 0.25) is 0 Å². The molecule has 0 unspecified atom stereocenters. The van der Waals surface area contributed by atoms with Crippen molar-refractivity contribution in [3.63, 3.8) is 0 Å². The van der Waals surface area contributed by atoms with E-state index in [4.69, 9.17) is 16.7 Å². The van der Waals surface area contributed by atoms with Gasteiger partial charge in [-0.15, -0.1) is 0 Å².